The molecule has 4 aromatic rings. The van der Waals surface area contributed by atoms with E-state index in [-0.39, 0.29) is 18.2 Å². The second-order valence-corrected chi connectivity index (χ2v) is 10.1. The molecule has 3 heterocycles. The summed E-state index contributed by atoms with van der Waals surface area (Å²) in [7, 11) is 0. The van der Waals surface area contributed by atoms with Crippen LogP contribution in [-0.2, 0) is 4.79 Å². The average Bonchev–Trinajstić information content (AvgIpc) is 3.50. The molecule has 0 radical (unpaired) electrons. The van der Waals surface area contributed by atoms with Gasteiger partial charge in [0.25, 0.3) is 5.91 Å². The Bertz CT molecular complexity index is 1350. The molecule has 1 aliphatic rings. The van der Waals surface area contributed by atoms with Crippen LogP contribution in [0.25, 0.3) is 5.82 Å². The fourth-order valence-corrected chi connectivity index (χ4v) is 4.77. The van der Waals surface area contributed by atoms with Gasteiger partial charge in [-0.25, -0.2) is 9.67 Å². The molecule has 0 saturated carbocycles. The van der Waals surface area contributed by atoms with Gasteiger partial charge in [-0.2, -0.15) is 5.10 Å². The quantitative estimate of drug-likeness (QED) is 0.302. The number of aromatic nitrogens is 3. The summed E-state index contributed by atoms with van der Waals surface area (Å²) in [6.07, 6.45) is 7.18. The summed E-state index contributed by atoms with van der Waals surface area (Å²) in [5, 5.41) is 7.09. The van der Waals surface area contributed by atoms with Crippen LogP contribution in [0.15, 0.2) is 89.8 Å². The smallest absolute Gasteiger partial charge is 0.255 e. The minimum atomic E-state index is -0.0890. The van der Waals surface area contributed by atoms with E-state index in [0.29, 0.717) is 37.0 Å². The van der Waals surface area contributed by atoms with Crippen LogP contribution in [-0.4, -0.2) is 51.2 Å². The van der Waals surface area contributed by atoms with Crippen LogP contribution in [0.1, 0.15) is 41.1 Å². The van der Waals surface area contributed by atoms with E-state index in [1.165, 1.54) is 5.56 Å². The minimum absolute atomic E-state index is 0.00476. The lowest BCUT2D eigenvalue weighted by Crippen LogP contribution is -2.38. The van der Waals surface area contributed by atoms with Crippen molar-refractivity contribution >= 4 is 33.4 Å². The number of hydrogen-bond acceptors (Lipinski definition) is 5. The van der Waals surface area contributed by atoms with Gasteiger partial charge in [-0.15, -0.1) is 0 Å². The number of piperidine rings is 1. The van der Waals surface area contributed by atoms with Crippen LogP contribution in [0, 0.1) is 0 Å². The first-order chi connectivity index (χ1) is 18.5. The van der Waals surface area contributed by atoms with Gasteiger partial charge in [-0.05, 0) is 78.9 Å². The molecule has 0 bridgehead atoms. The van der Waals surface area contributed by atoms with Crippen LogP contribution in [0.4, 0.5) is 5.69 Å². The third-order valence-electron chi connectivity index (χ3n) is 6.59. The van der Waals surface area contributed by atoms with Gasteiger partial charge in [0.2, 0.25) is 5.91 Å². The van der Waals surface area contributed by atoms with Gasteiger partial charge in [0.05, 0.1) is 18.6 Å². The van der Waals surface area contributed by atoms with Gasteiger partial charge in [0.15, 0.2) is 5.82 Å². The van der Waals surface area contributed by atoms with E-state index in [1.807, 2.05) is 59.6 Å². The van der Waals surface area contributed by atoms with E-state index < -0.39 is 0 Å². The molecule has 8 nitrogen and oxygen atoms in total. The van der Waals surface area contributed by atoms with Crippen molar-refractivity contribution in [2.45, 2.75) is 25.2 Å². The highest BCUT2D eigenvalue weighted by Crippen LogP contribution is 2.29. The largest absolute Gasteiger partial charge is 0.493 e. The molecule has 9 heteroatoms. The molecule has 5 rings (SSSR count). The van der Waals surface area contributed by atoms with Crippen molar-refractivity contribution in [3.63, 3.8) is 0 Å². The molecule has 1 N–H and O–H groups in total. The first-order valence-electron chi connectivity index (χ1n) is 12.6. The Labute approximate surface area is 229 Å². The molecule has 0 aliphatic carbocycles. The number of carbonyl (C=O) groups excluding carboxylic acids is 2. The van der Waals surface area contributed by atoms with Gasteiger partial charge in [-0.1, -0.05) is 28.1 Å². The third kappa shape index (κ3) is 6.47. The second kappa shape index (κ2) is 12.0. The highest BCUT2D eigenvalue weighted by Gasteiger charge is 2.25. The van der Waals surface area contributed by atoms with Crippen molar-refractivity contribution in [2.24, 2.45) is 0 Å². The minimum Gasteiger partial charge on any atom is -0.493 e. The summed E-state index contributed by atoms with van der Waals surface area (Å²) in [6, 6.07) is 21.0. The molecule has 0 atom stereocenters. The zero-order valence-electron chi connectivity index (χ0n) is 20.8. The van der Waals surface area contributed by atoms with Crippen LogP contribution in [0.5, 0.6) is 5.75 Å². The maximum atomic E-state index is 13.0. The highest BCUT2D eigenvalue weighted by molar-refractivity contribution is 9.10. The van der Waals surface area contributed by atoms with E-state index >= 15 is 0 Å². The van der Waals surface area contributed by atoms with Crippen LogP contribution < -0.4 is 10.1 Å². The maximum absolute atomic E-state index is 13.0. The second-order valence-electron chi connectivity index (χ2n) is 9.14. The van der Waals surface area contributed by atoms with E-state index in [0.717, 1.165) is 28.8 Å². The number of likely N-dealkylation sites (tertiary alicyclic amines) is 1. The van der Waals surface area contributed by atoms with Crippen LogP contribution in [0.3, 0.4) is 0 Å². The summed E-state index contributed by atoms with van der Waals surface area (Å²) >= 11 is 3.39. The summed E-state index contributed by atoms with van der Waals surface area (Å²) in [5.74, 6) is 1.71. The molecule has 194 valence electrons. The molecule has 1 fully saturated rings. The number of hydrogen-bond donors (Lipinski definition) is 1. The summed E-state index contributed by atoms with van der Waals surface area (Å²) in [5.41, 5.74) is 2.57. The van der Waals surface area contributed by atoms with Crippen molar-refractivity contribution in [3.05, 3.63) is 101 Å². The highest BCUT2D eigenvalue weighted by atomic mass is 79.9. The Morgan fingerprint density at radius 2 is 1.76 bits per heavy atom. The number of nitrogens with one attached hydrogen (secondary N) is 1. The fourth-order valence-electron chi connectivity index (χ4n) is 4.51. The van der Waals surface area contributed by atoms with Crippen molar-refractivity contribution in [1.29, 1.82) is 0 Å². The van der Waals surface area contributed by atoms with E-state index in [2.05, 4.69) is 43.5 Å². The molecule has 2 aromatic carbocycles. The Kier molecular flexibility index (Phi) is 8.13. The topological polar surface area (TPSA) is 89.4 Å². The fraction of sp³-hybridized carbons (Fsp3) is 0.241. The lowest BCUT2D eigenvalue weighted by molar-refractivity contribution is -0.116. The number of nitrogens with zero attached hydrogens (tertiary/aromatic N) is 4. The third-order valence-corrected chi connectivity index (χ3v) is 7.12. The standard InChI is InChI=1S/C29H28BrN5O3/c30-24-5-9-26(10-6-24)38-19-14-28(36)33-25-7-2-21(3-8-25)22-12-17-34(18-13-22)29(37)23-4-11-27(31-20-23)35-16-1-15-32-35/h1-11,15-16,20,22H,12-14,17-19H2,(H,33,36). The Balaban J connectivity index is 1.07. The zero-order valence-corrected chi connectivity index (χ0v) is 22.4. The summed E-state index contributed by atoms with van der Waals surface area (Å²) in [6.45, 7) is 1.70. The lowest BCUT2D eigenvalue weighted by Gasteiger charge is -2.32. The molecule has 2 aromatic heterocycles. The summed E-state index contributed by atoms with van der Waals surface area (Å²) < 4.78 is 8.27. The Morgan fingerprint density at radius 3 is 2.42 bits per heavy atom. The predicted octanol–water partition coefficient (Wildman–Crippen LogP) is 5.46. The van der Waals surface area contributed by atoms with Crippen molar-refractivity contribution in [2.75, 3.05) is 25.0 Å². The normalized spacial score (nSPS) is 13.8. The molecule has 2 amide bonds. The molecule has 0 unspecified atom stereocenters. The van der Waals surface area contributed by atoms with Crippen LogP contribution >= 0.6 is 15.9 Å². The number of carbonyl (C=O) groups is 2. The van der Waals surface area contributed by atoms with Gasteiger partial charge in [0.1, 0.15) is 5.75 Å². The molecule has 38 heavy (non-hydrogen) atoms. The molecular formula is C29H28BrN5O3. The Morgan fingerprint density at radius 1 is 1.00 bits per heavy atom. The molecule has 1 saturated heterocycles. The first-order valence-corrected chi connectivity index (χ1v) is 13.4. The van der Waals surface area contributed by atoms with E-state index in [1.54, 1.807) is 23.1 Å². The van der Waals surface area contributed by atoms with E-state index in [4.69, 9.17) is 4.74 Å². The van der Waals surface area contributed by atoms with Crippen molar-refractivity contribution < 1.29 is 14.3 Å². The van der Waals surface area contributed by atoms with Gasteiger partial charge < -0.3 is 15.0 Å². The van der Waals surface area contributed by atoms with Crippen molar-refractivity contribution in [1.82, 2.24) is 19.7 Å². The number of anilines is 1. The first kappa shape index (κ1) is 25.7. The molecular weight excluding hydrogens is 546 g/mol. The number of benzene rings is 2. The zero-order chi connectivity index (χ0) is 26.3. The van der Waals surface area contributed by atoms with Crippen molar-refractivity contribution in [3.8, 4) is 11.6 Å². The van der Waals surface area contributed by atoms with Gasteiger partial charge >= 0.3 is 0 Å². The molecule has 1 aliphatic heterocycles. The number of rotatable bonds is 8. The van der Waals surface area contributed by atoms with Gasteiger partial charge in [-0.3, -0.25) is 9.59 Å². The maximum Gasteiger partial charge on any atom is 0.255 e. The van der Waals surface area contributed by atoms with Crippen LogP contribution in [0.2, 0.25) is 0 Å². The molecule has 0 spiro atoms. The van der Waals surface area contributed by atoms with E-state index in [9.17, 15) is 9.59 Å². The average molecular weight is 574 g/mol. The predicted molar refractivity (Wildman–Crippen MR) is 149 cm³/mol. The Hall–Kier alpha value is -3.98. The monoisotopic (exact) mass is 573 g/mol. The number of pyridine rings is 1. The number of ether oxygens (including phenoxy) is 1. The lowest BCUT2D eigenvalue weighted by atomic mass is 9.89. The summed E-state index contributed by atoms with van der Waals surface area (Å²) in [4.78, 5) is 31.5. The van der Waals surface area contributed by atoms with Gasteiger partial charge in [0, 0.05) is 41.8 Å². The number of halogens is 1. The SMILES string of the molecule is O=C(CCOc1ccc(Br)cc1)Nc1ccc(C2CCN(C(=O)c3ccc(-n4cccn4)nc3)CC2)cc1. The number of amides is 2.